The van der Waals surface area contributed by atoms with Crippen LogP contribution in [0.25, 0.3) is 0 Å². The molecule has 0 radical (unpaired) electrons. The van der Waals surface area contributed by atoms with Crippen molar-refractivity contribution in [2.24, 2.45) is 0 Å². The second-order valence-electron chi connectivity index (χ2n) is 3.95. The third-order valence-corrected chi connectivity index (χ3v) is 3.26. The summed E-state index contributed by atoms with van der Waals surface area (Å²) < 4.78 is 0. The fraction of sp³-hybridized carbons (Fsp3) is 0.333. The van der Waals surface area contributed by atoms with Gasteiger partial charge in [0.2, 0.25) is 0 Å². The highest BCUT2D eigenvalue weighted by Crippen LogP contribution is 2.47. The molecule has 0 aliphatic heterocycles. The molecule has 0 fully saturated rings. The Bertz CT molecular complexity index is 367. The van der Waals surface area contributed by atoms with E-state index in [0.717, 1.165) is 6.42 Å². The Morgan fingerprint density at radius 2 is 1.85 bits per heavy atom. The molecule has 3 atom stereocenters. The molecule has 0 unspecified atom stereocenters. The molecule has 0 saturated heterocycles. The molecule has 0 spiro atoms. The van der Waals surface area contributed by atoms with Crippen LogP contribution in [0.3, 0.4) is 0 Å². The minimum atomic E-state index is -0.264. The first kappa shape index (κ1) is 7.34. The molecule has 0 saturated carbocycles. The summed E-state index contributed by atoms with van der Waals surface area (Å²) in [4.78, 5) is 0. The largest absolute Gasteiger partial charge is 0.388 e. The molecule has 3 rings (SSSR count). The van der Waals surface area contributed by atoms with E-state index in [1.54, 1.807) is 0 Å². The lowest BCUT2D eigenvalue weighted by molar-refractivity contribution is 0.182. The Morgan fingerprint density at radius 1 is 1.08 bits per heavy atom. The van der Waals surface area contributed by atoms with Crippen LogP contribution < -0.4 is 0 Å². The number of fused-ring (bicyclic) bond motifs is 5. The molecular formula is C12H12O. The Kier molecular flexibility index (Phi) is 1.39. The summed E-state index contributed by atoms with van der Waals surface area (Å²) >= 11 is 0. The lowest BCUT2D eigenvalue weighted by Gasteiger charge is -2.19. The first-order valence-corrected chi connectivity index (χ1v) is 4.81. The zero-order valence-electron chi connectivity index (χ0n) is 7.35. The van der Waals surface area contributed by atoms with Crippen molar-refractivity contribution in [3.05, 3.63) is 47.5 Å². The number of benzene rings is 1. The van der Waals surface area contributed by atoms with Crippen LogP contribution in [-0.2, 0) is 0 Å². The van der Waals surface area contributed by atoms with Crippen LogP contribution >= 0.6 is 0 Å². The molecule has 2 bridgehead atoms. The topological polar surface area (TPSA) is 20.2 Å². The van der Waals surface area contributed by atoms with Gasteiger partial charge in [0.15, 0.2) is 0 Å². The number of aliphatic hydroxyl groups excluding tert-OH is 1. The maximum absolute atomic E-state index is 9.76. The van der Waals surface area contributed by atoms with Crippen LogP contribution in [0.5, 0.6) is 0 Å². The molecule has 1 nitrogen and oxygen atoms in total. The quantitative estimate of drug-likeness (QED) is 0.595. The molecule has 2 aliphatic rings. The average molecular weight is 172 g/mol. The van der Waals surface area contributed by atoms with E-state index in [2.05, 4.69) is 30.3 Å². The Morgan fingerprint density at radius 3 is 2.69 bits per heavy atom. The summed E-state index contributed by atoms with van der Waals surface area (Å²) in [5.74, 6) is 0.913. The van der Waals surface area contributed by atoms with Crippen LogP contribution in [0, 0.1) is 0 Å². The lowest BCUT2D eigenvalue weighted by atomic mass is 9.90. The van der Waals surface area contributed by atoms with Crippen molar-refractivity contribution >= 4 is 0 Å². The zero-order chi connectivity index (χ0) is 8.84. The van der Waals surface area contributed by atoms with Gasteiger partial charge in [-0.3, -0.25) is 0 Å². The van der Waals surface area contributed by atoms with E-state index < -0.39 is 0 Å². The predicted octanol–water partition coefficient (Wildman–Crippen LogP) is 2.19. The van der Waals surface area contributed by atoms with Gasteiger partial charge < -0.3 is 5.11 Å². The first-order chi connectivity index (χ1) is 6.36. The van der Waals surface area contributed by atoms with E-state index in [-0.39, 0.29) is 6.10 Å². The number of rotatable bonds is 0. The number of aliphatic hydroxyl groups is 1. The van der Waals surface area contributed by atoms with Crippen molar-refractivity contribution in [3.63, 3.8) is 0 Å². The maximum atomic E-state index is 9.76. The summed E-state index contributed by atoms with van der Waals surface area (Å²) in [6.07, 6.45) is 4.92. The van der Waals surface area contributed by atoms with Crippen molar-refractivity contribution in [1.29, 1.82) is 0 Å². The van der Waals surface area contributed by atoms with Crippen molar-refractivity contribution < 1.29 is 5.11 Å². The van der Waals surface area contributed by atoms with Crippen LogP contribution in [-0.4, -0.2) is 11.2 Å². The fourth-order valence-corrected chi connectivity index (χ4v) is 2.60. The number of hydrogen-bond acceptors (Lipinski definition) is 1. The molecule has 0 aromatic heterocycles. The van der Waals surface area contributed by atoms with Gasteiger partial charge in [-0.05, 0) is 17.5 Å². The minimum Gasteiger partial charge on any atom is -0.388 e. The smallest absolute Gasteiger partial charge is 0.0790 e. The second-order valence-corrected chi connectivity index (χ2v) is 3.95. The third-order valence-electron chi connectivity index (χ3n) is 3.26. The van der Waals surface area contributed by atoms with E-state index in [9.17, 15) is 5.11 Å². The molecule has 1 aromatic rings. The SMILES string of the molecule is O[C@H]1C=C[C@H]2C[C@H]1c1ccccc12. The van der Waals surface area contributed by atoms with E-state index >= 15 is 0 Å². The molecule has 1 heteroatoms. The van der Waals surface area contributed by atoms with Crippen molar-refractivity contribution in [3.8, 4) is 0 Å². The van der Waals surface area contributed by atoms with Gasteiger partial charge >= 0.3 is 0 Å². The normalized spacial score (nSPS) is 34.7. The summed E-state index contributed by atoms with van der Waals surface area (Å²) in [6, 6.07) is 8.48. The number of allylic oxidation sites excluding steroid dienone is 1. The van der Waals surface area contributed by atoms with Crippen LogP contribution in [0.2, 0.25) is 0 Å². The van der Waals surface area contributed by atoms with Crippen LogP contribution in [0.15, 0.2) is 36.4 Å². The second kappa shape index (κ2) is 2.46. The molecule has 13 heavy (non-hydrogen) atoms. The van der Waals surface area contributed by atoms with Gasteiger partial charge in [-0.25, -0.2) is 0 Å². The zero-order valence-corrected chi connectivity index (χ0v) is 7.35. The monoisotopic (exact) mass is 172 g/mol. The van der Waals surface area contributed by atoms with Gasteiger partial charge in [-0.15, -0.1) is 0 Å². The summed E-state index contributed by atoms with van der Waals surface area (Å²) in [5, 5.41) is 9.76. The van der Waals surface area contributed by atoms with E-state index in [4.69, 9.17) is 0 Å². The lowest BCUT2D eigenvalue weighted by Crippen LogP contribution is -2.15. The predicted molar refractivity (Wildman–Crippen MR) is 51.7 cm³/mol. The van der Waals surface area contributed by atoms with Crippen molar-refractivity contribution in [2.45, 2.75) is 24.4 Å². The maximum Gasteiger partial charge on any atom is 0.0790 e. The average Bonchev–Trinajstić information content (AvgIpc) is 2.48. The fourth-order valence-electron chi connectivity index (χ4n) is 2.60. The minimum absolute atomic E-state index is 0.264. The van der Waals surface area contributed by atoms with Gasteiger partial charge in [-0.1, -0.05) is 36.4 Å². The summed E-state index contributed by atoms with van der Waals surface area (Å²) in [7, 11) is 0. The highest BCUT2D eigenvalue weighted by Gasteiger charge is 2.35. The third kappa shape index (κ3) is 0.909. The Hall–Kier alpha value is -1.08. The van der Waals surface area contributed by atoms with E-state index in [1.807, 2.05) is 6.08 Å². The van der Waals surface area contributed by atoms with E-state index in [0.29, 0.717) is 11.8 Å². The van der Waals surface area contributed by atoms with Gasteiger partial charge in [0.05, 0.1) is 6.10 Å². The standard InChI is InChI=1S/C12H12O/c13-12-6-5-8-7-11(12)10-4-2-1-3-9(8)10/h1-6,8,11-13H,7H2/t8-,11-,12-/m0/s1. The van der Waals surface area contributed by atoms with Crippen molar-refractivity contribution in [1.82, 2.24) is 0 Å². The van der Waals surface area contributed by atoms with Crippen molar-refractivity contribution in [2.75, 3.05) is 0 Å². The van der Waals surface area contributed by atoms with Gasteiger partial charge in [0.1, 0.15) is 0 Å². The summed E-state index contributed by atoms with van der Waals surface area (Å²) in [5.41, 5.74) is 2.77. The molecule has 0 heterocycles. The highest BCUT2D eigenvalue weighted by molar-refractivity contribution is 5.44. The van der Waals surface area contributed by atoms with Gasteiger partial charge in [-0.2, -0.15) is 0 Å². The molecule has 1 N–H and O–H groups in total. The van der Waals surface area contributed by atoms with Crippen LogP contribution in [0.1, 0.15) is 29.4 Å². The molecule has 2 aliphatic carbocycles. The highest BCUT2D eigenvalue weighted by atomic mass is 16.3. The summed E-state index contributed by atoms with van der Waals surface area (Å²) in [6.45, 7) is 0. The molecule has 1 aromatic carbocycles. The van der Waals surface area contributed by atoms with E-state index in [1.165, 1.54) is 11.1 Å². The first-order valence-electron chi connectivity index (χ1n) is 4.81. The number of hydrogen-bond donors (Lipinski definition) is 1. The Labute approximate surface area is 77.7 Å². The Balaban J connectivity index is 2.19. The van der Waals surface area contributed by atoms with Crippen LogP contribution in [0.4, 0.5) is 0 Å². The molecular weight excluding hydrogens is 160 g/mol. The molecule has 0 amide bonds. The molecule has 66 valence electrons. The van der Waals surface area contributed by atoms with Gasteiger partial charge in [0.25, 0.3) is 0 Å². The van der Waals surface area contributed by atoms with Gasteiger partial charge in [0, 0.05) is 11.8 Å².